The molecule has 1 unspecified atom stereocenters. The number of carboxylic acids is 1. The lowest BCUT2D eigenvalue weighted by Crippen LogP contribution is -2.36. The number of hydrogen-bond acceptors (Lipinski definition) is 3. The van der Waals surface area contributed by atoms with Gasteiger partial charge in [-0.3, -0.25) is 9.78 Å². The highest BCUT2D eigenvalue weighted by molar-refractivity contribution is 5.73. The zero-order valence-electron chi connectivity index (χ0n) is 12.6. The number of aliphatic carboxylic acids is 1. The fraction of sp³-hybridized carbons (Fsp3) is 0.533. The quantitative estimate of drug-likeness (QED) is 0.684. The van der Waals surface area contributed by atoms with E-state index in [1.807, 2.05) is 26.0 Å². The number of carbonyl (C=O) groups is 2. The number of hydrogen-bond donors (Lipinski definition) is 3. The molecule has 1 rings (SSSR count). The van der Waals surface area contributed by atoms with Crippen molar-refractivity contribution in [1.29, 1.82) is 0 Å². The maximum absolute atomic E-state index is 11.6. The number of rotatable bonds is 8. The Labute approximate surface area is 125 Å². The van der Waals surface area contributed by atoms with E-state index in [-0.39, 0.29) is 18.4 Å². The van der Waals surface area contributed by atoms with Crippen molar-refractivity contribution in [3.05, 3.63) is 29.6 Å². The van der Waals surface area contributed by atoms with Crippen molar-refractivity contribution < 1.29 is 14.7 Å². The smallest absolute Gasteiger partial charge is 0.315 e. The lowest BCUT2D eigenvalue weighted by molar-refractivity contribution is -0.137. The van der Waals surface area contributed by atoms with Gasteiger partial charge in [-0.1, -0.05) is 13.0 Å². The monoisotopic (exact) mass is 293 g/mol. The van der Waals surface area contributed by atoms with Crippen LogP contribution in [0.2, 0.25) is 0 Å². The molecule has 0 aromatic carbocycles. The summed E-state index contributed by atoms with van der Waals surface area (Å²) in [6.45, 7) is 4.87. The average Bonchev–Trinajstić information content (AvgIpc) is 2.44. The Kier molecular flexibility index (Phi) is 7.21. The Morgan fingerprint density at radius 2 is 2.10 bits per heavy atom. The number of aryl methyl sites for hydroxylation is 1. The van der Waals surface area contributed by atoms with Gasteiger partial charge in [0, 0.05) is 19.2 Å². The first-order valence-electron chi connectivity index (χ1n) is 7.13. The van der Waals surface area contributed by atoms with Gasteiger partial charge in [0.1, 0.15) is 0 Å². The van der Waals surface area contributed by atoms with Crippen molar-refractivity contribution in [2.75, 3.05) is 6.54 Å². The van der Waals surface area contributed by atoms with Gasteiger partial charge < -0.3 is 15.7 Å². The van der Waals surface area contributed by atoms with E-state index in [2.05, 4.69) is 15.6 Å². The lowest BCUT2D eigenvalue weighted by atomic mass is 10.0. The van der Waals surface area contributed by atoms with Crippen LogP contribution in [0.4, 0.5) is 4.79 Å². The molecular weight excluding hydrogens is 270 g/mol. The number of carbonyl (C=O) groups excluding carboxylic acids is 1. The average molecular weight is 293 g/mol. The minimum atomic E-state index is -0.779. The third kappa shape index (κ3) is 7.29. The van der Waals surface area contributed by atoms with Crippen LogP contribution in [0.1, 0.15) is 37.4 Å². The van der Waals surface area contributed by atoms with Crippen molar-refractivity contribution in [2.45, 2.75) is 39.7 Å². The van der Waals surface area contributed by atoms with Gasteiger partial charge in [0.15, 0.2) is 0 Å². The van der Waals surface area contributed by atoms with Crippen molar-refractivity contribution in [3.8, 4) is 0 Å². The highest BCUT2D eigenvalue weighted by Gasteiger charge is 2.07. The van der Waals surface area contributed by atoms with E-state index < -0.39 is 5.97 Å². The molecule has 0 bridgehead atoms. The van der Waals surface area contributed by atoms with Crippen LogP contribution in [0.25, 0.3) is 0 Å². The van der Waals surface area contributed by atoms with Crippen LogP contribution in [0, 0.1) is 12.8 Å². The fourth-order valence-corrected chi connectivity index (χ4v) is 1.88. The van der Waals surface area contributed by atoms with Gasteiger partial charge in [-0.2, -0.15) is 0 Å². The maximum atomic E-state index is 11.6. The molecule has 1 heterocycles. The molecule has 0 fully saturated rings. The van der Waals surface area contributed by atoms with E-state index in [4.69, 9.17) is 5.11 Å². The second-order valence-electron chi connectivity index (χ2n) is 5.20. The standard InChI is InChI=1S/C15H23N3O3/c1-11(5-6-14(19)20)7-9-17-15(21)18-10-13-12(2)4-3-8-16-13/h3-4,8,11H,5-7,9-10H2,1-2H3,(H,19,20)(H2,17,18,21). The molecule has 0 aliphatic carbocycles. The normalized spacial score (nSPS) is 11.7. The summed E-state index contributed by atoms with van der Waals surface area (Å²) in [5.74, 6) is -0.502. The van der Waals surface area contributed by atoms with E-state index >= 15 is 0 Å². The fourth-order valence-electron chi connectivity index (χ4n) is 1.88. The first kappa shape index (κ1) is 16.9. The predicted octanol–water partition coefficient (Wildman–Crippen LogP) is 2.08. The minimum absolute atomic E-state index is 0.173. The number of urea groups is 1. The number of nitrogens with zero attached hydrogens (tertiary/aromatic N) is 1. The summed E-state index contributed by atoms with van der Waals surface area (Å²) in [6.07, 6.45) is 3.27. The molecule has 3 N–H and O–H groups in total. The second kappa shape index (κ2) is 8.94. The Morgan fingerprint density at radius 1 is 1.33 bits per heavy atom. The Bertz CT molecular complexity index is 477. The van der Waals surface area contributed by atoms with Gasteiger partial charge in [0.25, 0.3) is 0 Å². The number of nitrogens with one attached hydrogen (secondary N) is 2. The van der Waals surface area contributed by atoms with Crippen molar-refractivity contribution in [2.24, 2.45) is 5.92 Å². The van der Waals surface area contributed by atoms with Crippen molar-refractivity contribution in [3.63, 3.8) is 0 Å². The largest absolute Gasteiger partial charge is 0.481 e. The summed E-state index contributed by atoms with van der Waals surface area (Å²) < 4.78 is 0. The van der Waals surface area contributed by atoms with E-state index in [1.54, 1.807) is 6.20 Å². The van der Waals surface area contributed by atoms with Gasteiger partial charge in [0.05, 0.1) is 12.2 Å². The number of aromatic nitrogens is 1. The van der Waals surface area contributed by atoms with E-state index in [9.17, 15) is 9.59 Å². The van der Waals surface area contributed by atoms with E-state index in [0.29, 0.717) is 19.5 Å². The molecule has 21 heavy (non-hydrogen) atoms. The topological polar surface area (TPSA) is 91.3 Å². The zero-order chi connectivity index (χ0) is 15.7. The van der Waals surface area contributed by atoms with Crippen molar-refractivity contribution >= 4 is 12.0 Å². The highest BCUT2D eigenvalue weighted by atomic mass is 16.4. The van der Waals surface area contributed by atoms with Crippen molar-refractivity contribution in [1.82, 2.24) is 15.6 Å². The molecule has 6 nitrogen and oxygen atoms in total. The Balaban J connectivity index is 2.17. The molecule has 0 radical (unpaired) electrons. The van der Waals surface area contributed by atoms with E-state index in [1.165, 1.54) is 0 Å². The first-order valence-corrected chi connectivity index (χ1v) is 7.13. The maximum Gasteiger partial charge on any atom is 0.315 e. The van der Waals surface area contributed by atoms with Gasteiger partial charge in [-0.25, -0.2) is 4.79 Å². The van der Waals surface area contributed by atoms with E-state index in [0.717, 1.165) is 17.7 Å². The Hall–Kier alpha value is -2.11. The highest BCUT2D eigenvalue weighted by Crippen LogP contribution is 2.09. The molecule has 1 atom stereocenters. The molecule has 0 aliphatic heterocycles. The molecule has 6 heteroatoms. The van der Waals surface area contributed by atoms with Crippen LogP contribution in [-0.2, 0) is 11.3 Å². The summed E-state index contributed by atoms with van der Waals surface area (Å²) in [5, 5.41) is 14.1. The molecule has 0 saturated carbocycles. The minimum Gasteiger partial charge on any atom is -0.481 e. The zero-order valence-corrected chi connectivity index (χ0v) is 12.6. The van der Waals surface area contributed by atoms with Crippen LogP contribution in [-0.4, -0.2) is 28.6 Å². The van der Waals surface area contributed by atoms with Crippen LogP contribution in [0.15, 0.2) is 18.3 Å². The first-order chi connectivity index (χ1) is 9.99. The van der Waals surface area contributed by atoms with Crippen LogP contribution in [0.3, 0.4) is 0 Å². The van der Waals surface area contributed by atoms with Gasteiger partial charge in [-0.05, 0) is 37.3 Å². The Morgan fingerprint density at radius 3 is 2.76 bits per heavy atom. The number of pyridine rings is 1. The molecule has 116 valence electrons. The number of carboxylic acid groups (broad SMARTS) is 1. The van der Waals surface area contributed by atoms with Crippen LogP contribution >= 0.6 is 0 Å². The van der Waals surface area contributed by atoms with Gasteiger partial charge in [-0.15, -0.1) is 0 Å². The summed E-state index contributed by atoms with van der Waals surface area (Å²) in [5.41, 5.74) is 1.89. The molecule has 0 aliphatic rings. The molecule has 0 saturated heterocycles. The van der Waals surface area contributed by atoms with Gasteiger partial charge >= 0.3 is 12.0 Å². The summed E-state index contributed by atoms with van der Waals surface area (Å²) in [4.78, 5) is 26.3. The van der Waals surface area contributed by atoms with Crippen LogP contribution < -0.4 is 10.6 Å². The molecule has 1 aromatic rings. The molecular formula is C15H23N3O3. The third-order valence-corrected chi connectivity index (χ3v) is 3.31. The molecule has 0 spiro atoms. The second-order valence-corrected chi connectivity index (χ2v) is 5.20. The molecule has 1 aromatic heterocycles. The SMILES string of the molecule is Cc1cccnc1CNC(=O)NCCC(C)CCC(=O)O. The number of amides is 2. The summed E-state index contributed by atoms with van der Waals surface area (Å²) in [6, 6.07) is 3.58. The predicted molar refractivity (Wildman–Crippen MR) is 79.9 cm³/mol. The third-order valence-electron chi connectivity index (χ3n) is 3.31. The lowest BCUT2D eigenvalue weighted by Gasteiger charge is -2.12. The summed E-state index contributed by atoms with van der Waals surface area (Å²) >= 11 is 0. The molecule has 2 amide bonds. The van der Waals surface area contributed by atoms with Gasteiger partial charge in [0.2, 0.25) is 0 Å². The summed E-state index contributed by atoms with van der Waals surface area (Å²) in [7, 11) is 0. The van der Waals surface area contributed by atoms with Crippen LogP contribution in [0.5, 0.6) is 0 Å².